The largest absolute Gasteiger partial charge is 0.299 e. The number of nitrogens with zero attached hydrogens (tertiary/aromatic N) is 1. The third-order valence-electron chi connectivity index (χ3n) is 3.33. The molecule has 6 nitrogen and oxygen atoms in total. The Morgan fingerprint density at radius 2 is 1.82 bits per heavy atom. The highest BCUT2D eigenvalue weighted by Gasteiger charge is 2.26. The van der Waals surface area contributed by atoms with Gasteiger partial charge < -0.3 is 0 Å². The topological polar surface area (TPSA) is 80.2 Å². The van der Waals surface area contributed by atoms with Crippen molar-refractivity contribution in [2.24, 2.45) is 0 Å². The van der Waals surface area contributed by atoms with Crippen molar-refractivity contribution in [1.82, 2.24) is 15.2 Å². The first-order chi connectivity index (χ1) is 10.5. The highest BCUT2D eigenvalue weighted by atomic mass is 32.1. The van der Waals surface area contributed by atoms with Crippen LogP contribution in [-0.4, -0.2) is 27.4 Å². The number of hydrogen-bond acceptors (Lipinski definition) is 4. The van der Waals surface area contributed by atoms with Gasteiger partial charge in [0.15, 0.2) is 5.11 Å². The lowest BCUT2D eigenvalue weighted by molar-refractivity contribution is -0.123. The second kappa shape index (κ2) is 5.19. The van der Waals surface area contributed by atoms with E-state index >= 15 is 0 Å². The number of nitrogens with one attached hydrogen (secondary N) is 2. The van der Waals surface area contributed by atoms with Gasteiger partial charge in [-0.25, -0.2) is 0 Å². The van der Waals surface area contributed by atoms with E-state index in [0.29, 0.717) is 11.1 Å². The first kappa shape index (κ1) is 14.2. The predicted molar refractivity (Wildman–Crippen MR) is 85.1 cm³/mol. The quantitative estimate of drug-likeness (QED) is 0.471. The van der Waals surface area contributed by atoms with Gasteiger partial charge in [0, 0.05) is 24.1 Å². The summed E-state index contributed by atoms with van der Waals surface area (Å²) in [5, 5.41) is 5.51. The van der Waals surface area contributed by atoms with Crippen LogP contribution in [0.2, 0.25) is 0 Å². The Morgan fingerprint density at radius 3 is 2.45 bits per heavy atom. The molecule has 1 fully saturated rings. The Kier molecular flexibility index (Phi) is 3.34. The lowest BCUT2D eigenvalue weighted by Gasteiger charge is -2.16. The second-order valence-electron chi connectivity index (χ2n) is 4.79. The average molecular weight is 313 g/mol. The Labute approximate surface area is 130 Å². The summed E-state index contributed by atoms with van der Waals surface area (Å²) >= 11 is 4.75. The lowest BCUT2D eigenvalue weighted by atomic mass is 10.1. The van der Waals surface area contributed by atoms with Crippen LogP contribution in [0.15, 0.2) is 36.0 Å². The predicted octanol–water partition coefficient (Wildman–Crippen LogP) is 1.22. The van der Waals surface area contributed by atoms with Gasteiger partial charge in [0.25, 0.3) is 11.8 Å². The highest BCUT2D eigenvalue weighted by molar-refractivity contribution is 7.80. The number of para-hydroxylation sites is 1. The summed E-state index contributed by atoms with van der Waals surface area (Å²) < 4.78 is 1.48. The third-order valence-corrected chi connectivity index (χ3v) is 3.53. The Balaban J connectivity index is 2.17. The van der Waals surface area contributed by atoms with Crippen molar-refractivity contribution in [2.75, 3.05) is 0 Å². The molecule has 0 aliphatic carbocycles. The van der Waals surface area contributed by atoms with Gasteiger partial charge >= 0.3 is 0 Å². The minimum atomic E-state index is -0.562. The van der Waals surface area contributed by atoms with E-state index in [2.05, 4.69) is 10.6 Å². The third kappa shape index (κ3) is 2.31. The SMILES string of the molecule is CC(=O)n1cc(C=C2C(=O)NC(=S)NC2=O)c2ccccc21. The summed E-state index contributed by atoms with van der Waals surface area (Å²) in [7, 11) is 0. The Morgan fingerprint density at radius 1 is 1.18 bits per heavy atom. The van der Waals surface area contributed by atoms with Crippen LogP contribution in [0.25, 0.3) is 17.0 Å². The molecule has 0 bridgehead atoms. The molecular formula is C15H11N3O3S. The molecule has 7 heteroatoms. The molecule has 1 saturated heterocycles. The smallest absolute Gasteiger partial charge is 0.263 e. The molecule has 0 atom stereocenters. The molecule has 22 heavy (non-hydrogen) atoms. The minimum Gasteiger partial charge on any atom is -0.299 e. The van der Waals surface area contributed by atoms with Crippen LogP contribution in [0.3, 0.4) is 0 Å². The molecule has 0 radical (unpaired) electrons. The number of aromatic nitrogens is 1. The van der Waals surface area contributed by atoms with Crippen molar-refractivity contribution in [3.05, 3.63) is 41.6 Å². The summed E-state index contributed by atoms with van der Waals surface area (Å²) in [5.41, 5.74) is 1.27. The fourth-order valence-corrected chi connectivity index (χ4v) is 2.53. The van der Waals surface area contributed by atoms with E-state index in [1.165, 1.54) is 17.6 Å². The number of carbonyl (C=O) groups excluding carboxylic acids is 3. The summed E-state index contributed by atoms with van der Waals surface area (Å²) in [6.45, 7) is 1.45. The standard InChI is InChI=1S/C15H11N3O3S/c1-8(19)18-7-9(10-4-2-3-5-12(10)18)6-11-13(20)16-15(22)17-14(11)21/h2-7H,1H3,(H2,16,17,20,21,22). The van der Waals surface area contributed by atoms with Crippen molar-refractivity contribution >= 4 is 52.0 Å². The number of fused-ring (bicyclic) bond motifs is 1. The first-order valence-electron chi connectivity index (χ1n) is 6.47. The van der Waals surface area contributed by atoms with E-state index in [9.17, 15) is 14.4 Å². The van der Waals surface area contributed by atoms with Crippen LogP contribution >= 0.6 is 12.2 Å². The van der Waals surface area contributed by atoms with Crippen LogP contribution in [0.5, 0.6) is 0 Å². The van der Waals surface area contributed by atoms with E-state index in [-0.39, 0.29) is 16.6 Å². The van der Waals surface area contributed by atoms with E-state index in [1.807, 2.05) is 18.2 Å². The van der Waals surface area contributed by atoms with Crippen LogP contribution in [0.1, 0.15) is 17.3 Å². The fourth-order valence-electron chi connectivity index (χ4n) is 2.34. The van der Waals surface area contributed by atoms with Crippen molar-refractivity contribution < 1.29 is 14.4 Å². The van der Waals surface area contributed by atoms with Crippen LogP contribution in [0, 0.1) is 0 Å². The molecule has 2 heterocycles. The van der Waals surface area contributed by atoms with Gasteiger partial charge in [-0.2, -0.15) is 0 Å². The molecule has 2 N–H and O–H groups in total. The second-order valence-corrected chi connectivity index (χ2v) is 5.19. The van der Waals surface area contributed by atoms with E-state index < -0.39 is 11.8 Å². The molecular weight excluding hydrogens is 302 g/mol. The van der Waals surface area contributed by atoms with Gasteiger partial charge in [-0.1, -0.05) is 18.2 Å². The molecule has 1 aliphatic rings. The van der Waals surface area contributed by atoms with Crippen molar-refractivity contribution in [1.29, 1.82) is 0 Å². The number of carbonyl (C=O) groups is 3. The molecule has 1 aliphatic heterocycles. The van der Waals surface area contributed by atoms with Gasteiger partial charge in [-0.05, 0) is 24.4 Å². The molecule has 3 rings (SSSR count). The number of benzene rings is 1. The normalized spacial score (nSPS) is 14.8. The number of hydrogen-bond donors (Lipinski definition) is 2. The van der Waals surface area contributed by atoms with E-state index in [0.717, 1.165) is 5.39 Å². The van der Waals surface area contributed by atoms with Crippen molar-refractivity contribution in [2.45, 2.75) is 6.92 Å². The van der Waals surface area contributed by atoms with Crippen molar-refractivity contribution in [3.63, 3.8) is 0 Å². The molecule has 0 saturated carbocycles. The lowest BCUT2D eigenvalue weighted by Crippen LogP contribution is -2.51. The maximum absolute atomic E-state index is 11.9. The average Bonchev–Trinajstić information content (AvgIpc) is 2.82. The zero-order valence-electron chi connectivity index (χ0n) is 11.5. The summed E-state index contributed by atoms with van der Waals surface area (Å²) in [5.74, 6) is -1.28. The first-order valence-corrected chi connectivity index (χ1v) is 6.87. The highest BCUT2D eigenvalue weighted by Crippen LogP contribution is 2.24. The monoisotopic (exact) mass is 313 g/mol. The molecule has 0 spiro atoms. The molecule has 2 amide bonds. The zero-order valence-corrected chi connectivity index (χ0v) is 12.4. The number of amides is 2. The van der Waals surface area contributed by atoms with Gasteiger partial charge in [0.2, 0.25) is 5.91 Å². The number of rotatable bonds is 1. The van der Waals surface area contributed by atoms with Gasteiger partial charge in [0.05, 0.1) is 5.52 Å². The van der Waals surface area contributed by atoms with E-state index in [4.69, 9.17) is 12.2 Å². The van der Waals surface area contributed by atoms with Crippen molar-refractivity contribution in [3.8, 4) is 0 Å². The van der Waals surface area contributed by atoms with Crippen LogP contribution in [-0.2, 0) is 9.59 Å². The van der Waals surface area contributed by atoms with Gasteiger partial charge in [0.1, 0.15) is 5.57 Å². The maximum atomic E-state index is 11.9. The molecule has 110 valence electrons. The zero-order chi connectivity index (χ0) is 15.9. The molecule has 1 aromatic carbocycles. The number of thiocarbonyl (C=S) groups is 1. The summed E-state index contributed by atoms with van der Waals surface area (Å²) in [4.78, 5) is 35.5. The molecule has 1 aromatic heterocycles. The maximum Gasteiger partial charge on any atom is 0.263 e. The van der Waals surface area contributed by atoms with Crippen LogP contribution < -0.4 is 10.6 Å². The fraction of sp³-hybridized carbons (Fsp3) is 0.0667. The minimum absolute atomic E-state index is 0.0154. The Hall–Kier alpha value is -2.80. The van der Waals surface area contributed by atoms with Crippen LogP contribution in [0.4, 0.5) is 0 Å². The Bertz CT molecular complexity index is 857. The molecule has 0 unspecified atom stereocenters. The summed E-state index contributed by atoms with van der Waals surface area (Å²) in [6, 6.07) is 7.27. The van der Waals surface area contributed by atoms with Gasteiger partial charge in [-0.3, -0.25) is 29.6 Å². The summed E-state index contributed by atoms with van der Waals surface area (Å²) in [6.07, 6.45) is 3.06. The molecule has 2 aromatic rings. The van der Waals surface area contributed by atoms with Gasteiger partial charge in [-0.15, -0.1) is 0 Å². The van der Waals surface area contributed by atoms with E-state index in [1.54, 1.807) is 12.3 Å².